The molecule has 1 aromatic heterocycles. The fourth-order valence-corrected chi connectivity index (χ4v) is 1.74. The summed E-state index contributed by atoms with van der Waals surface area (Å²) in [5, 5.41) is 13.1. The van der Waals surface area contributed by atoms with E-state index in [4.69, 9.17) is 5.73 Å². The van der Waals surface area contributed by atoms with Crippen molar-refractivity contribution in [3.63, 3.8) is 0 Å². The van der Waals surface area contributed by atoms with Gasteiger partial charge in [0.15, 0.2) is 0 Å². The van der Waals surface area contributed by atoms with Gasteiger partial charge in [-0.25, -0.2) is 9.97 Å². The zero-order valence-electron chi connectivity index (χ0n) is 9.86. The number of nitro groups is 1. The molecule has 0 bridgehead atoms. The van der Waals surface area contributed by atoms with Crippen molar-refractivity contribution in [1.29, 1.82) is 0 Å². The number of rotatable bonds is 2. The summed E-state index contributed by atoms with van der Waals surface area (Å²) in [6.45, 7) is 1.29. The lowest BCUT2D eigenvalue weighted by Crippen LogP contribution is -2.57. The van der Waals surface area contributed by atoms with Gasteiger partial charge in [-0.1, -0.05) is 0 Å². The van der Waals surface area contributed by atoms with Crippen molar-refractivity contribution in [2.75, 3.05) is 17.2 Å². The number of imide groups is 1. The summed E-state index contributed by atoms with van der Waals surface area (Å²) in [4.78, 5) is 41.6. The number of aromatic nitrogens is 2. The van der Waals surface area contributed by atoms with E-state index in [-0.39, 0.29) is 18.2 Å². The molecule has 10 nitrogen and oxygen atoms in total. The minimum atomic E-state index is -0.773. The lowest BCUT2D eigenvalue weighted by atomic mass is 10.2. The van der Waals surface area contributed by atoms with E-state index in [9.17, 15) is 19.7 Å². The summed E-state index contributed by atoms with van der Waals surface area (Å²) >= 11 is 0. The van der Waals surface area contributed by atoms with E-state index in [1.807, 2.05) is 0 Å². The molecule has 0 aliphatic carbocycles. The predicted octanol–water partition coefficient (Wildman–Crippen LogP) is -1.18. The van der Waals surface area contributed by atoms with Gasteiger partial charge >= 0.3 is 5.69 Å². The van der Waals surface area contributed by atoms with E-state index in [0.717, 1.165) is 6.33 Å². The molecule has 0 spiro atoms. The summed E-state index contributed by atoms with van der Waals surface area (Å²) in [5.41, 5.74) is 4.92. The number of nitrogens with zero attached hydrogens (tertiary/aromatic N) is 4. The van der Waals surface area contributed by atoms with Crippen LogP contribution in [0.4, 0.5) is 17.3 Å². The zero-order chi connectivity index (χ0) is 14.2. The molecule has 1 aromatic rings. The second-order valence-electron chi connectivity index (χ2n) is 3.90. The number of carbonyl (C=O) groups is 2. The number of nitrogen functional groups attached to an aromatic ring is 1. The highest BCUT2D eigenvalue weighted by atomic mass is 16.6. The van der Waals surface area contributed by atoms with Gasteiger partial charge in [0.25, 0.3) is 0 Å². The first kappa shape index (κ1) is 12.7. The van der Waals surface area contributed by atoms with Crippen LogP contribution in [0.3, 0.4) is 0 Å². The Labute approximate surface area is 106 Å². The maximum atomic E-state index is 11.5. The van der Waals surface area contributed by atoms with Crippen LogP contribution >= 0.6 is 0 Å². The Morgan fingerprint density at radius 2 is 2.21 bits per heavy atom. The average Bonchev–Trinajstić information content (AvgIpc) is 2.33. The van der Waals surface area contributed by atoms with E-state index in [2.05, 4.69) is 15.3 Å². The first-order valence-electron chi connectivity index (χ1n) is 5.27. The fraction of sp³-hybridized carbons (Fsp3) is 0.333. The van der Waals surface area contributed by atoms with Crippen LogP contribution in [0.25, 0.3) is 0 Å². The molecular formula is C9H10N6O4. The molecule has 2 heterocycles. The SMILES string of the molecule is CC1C(=O)NC(=O)CN1c1ncnc(N)c1[N+](=O)[O-]. The second kappa shape index (κ2) is 4.48. The number of hydrogen-bond acceptors (Lipinski definition) is 8. The van der Waals surface area contributed by atoms with E-state index in [1.54, 1.807) is 0 Å². The summed E-state index contributed by atoms with van der Waals surface area (Å²) < 4.78 is 0. The van der Waals surface area contributed by atoms with Crippen LogP contribution in [-0.2, 0) is 9.59 Å². The quantitative estimate of drug-likeness (QED) is 0.386. The highest BCUT2D eigenvalue weighted by Gasteiger charge is 2.36. The minimum absolute atomic E-state index is 0.145. The molecule has 0 aromatic carbocycles. The van der Waals surface area contributed by atoms with Crippen molar-refractivity contribution in [3.8, 4) is 0 Å². The highest BCUT2D eigenvalue weighted by molar-refractivity contribution is 6.04. The van der Waals surface area contributed by atoms with E-state index < -0.39 is 28.5 Å². The number of nitrogens with one attached hydrogen (secondary N) is 1. The van der Waals surface area contributed by atoms with Crippen LogP contribution in [0.2, 0.25) is 0 Å². The van der Waals surface area contributed by atoms with Crippen molar-refractivity contribution in [3.05, 3.63) is 16.4 Å². The van der Waals surface area contributed by atoms with Crippen molar-refractivity contribution >= 4 is 29.1 Å². The van der Waals surface area contributed by atoms with Gasteiger partial charge in [-0.15, -0.1) is 0 Å². The van der Waals surface area contributed by atoms with Gasteiger partial charge < -0.3 is 10.6 Å². The first-order chi connectivity index (χ1) is 8.91. The standard InChI is InChI=1S/C9H10N6O4/c1-4-9(17)13-5(16)2-14(4)8-6(15(18)19)7(10)11-3-12-8/h3-4H,2H2,1H3,(H2,10,11,12)(H,13,16,17). The third kappa shape index (κ3) is 2.14. The van der Waals surface area contributed by atoms with Crippen LogP contribution in [0.1, 0.15) is 6.92 Å². The largest absolute Gasteiger partial charge is 0.378 e. The number of nitrogens with two attached hydrogens (primary N) is 1. The lowest BCUT2D eigenvalue weighted by Gasteiger charge is -2.31. The third-order valence-electron chi connectivity index (χ3n) is 2.71. The van der Waals surface area contributed by atoms with Gasteiger partial charge in [-0.05, 0) is 6.92 Å². The van der Waals surface area contributed by atoms with Crippen LogP contribution in [0.5, 0.6) is 0 Å². The Morgan fingerprint density at radius 3 is 2.84 bits per heavy atom. The van der Waals surface area contributed by atoms with Crippen LogP contribution < -0.4 is 16.0 Å². The molecular weight excluding hydrogens is 256 g/mol. The first-order valence-corrected chi connectivity index (χ1v) is 5.27. The predicted molar refractivity (Wildman–Crippen MR) is 63.1 cm³/mol. The molecule has 0 radical (unpaired) electrons. The maximum absolute atomic E-state index is 11.5. The van der Waals surface area contributed by atoms with Gasteiger partial charge in [-0.3, -0.25) is 25.0 Å². The molecule has 1 aliphatic rings. The lowest BCUT2D eigenvalue weighted by molar-refractivity contribution is -0.383. The Morgan fingerprint density at radius 1 is 1.53 bits per heavy atom. The number of amides is 2. The van der Waals surface area contributed by atoms with Gasteiger partial charge in [0, 0.05) is 0 Å². The molecule has 2 rings (SSSR count). The van der Waals surface area contributed by atoms with E-state index in [1.165, 1.54) is 11.8 Å². The molecule has 1 saturated heterocycles. The maximum Gasteiger partial charge on any atom is 0.353 e. The van der Waals surface area contributed by atoms with Gasteiger partial charge in [0.1, 0.15) is 12.4 Å². The second-order valence-corrected chi connectivity index (χ2v) is 3.90. The smallest absolute Gasteiger partial charge is 0.353 e. The average molecular weight is 266 g/mol. The van der Waals surface area contributed by atoms with Crippen molar-refractivity contribution < 1.29 is 14.5 Å². The third-order valence-corrected chi connectivity index (χ3v) is 2.71. The van der Waals surface area contributed by atoms with Crippen molar-refractivity contribution in [2.45, 2.75) is 13.0 Å². The van der Waals surface area contributed by atoms with E-state index in [0.29, 0.717) is 0 Å². The summed E-state index contributed by atoms with van der Waals surface area (Å²) in [5.74, 6) is -1.58. The molecule has 1 aliphatic heterocycles. The number of carbonyl (C=O) groups excluding carboxylic acids is 2. The van der Waals surface area contributed by atoms with Crippen molar-refractivity contribution in [1.82, 2.24) is 15.3 Å². The molecule has 1 fully saturated rings. The normalized spacial score (nSPS) is 19.2. The topological polar surface area (TPSA) is 144 Å². The molecule has 19 heavy (non-hydrogen) atoms. The van der Waals surface area contributed by atoms with Crippen LogP contribution in [0, 0.1) is 10.1 Å². The Kier molecular flexibility index (Phi) is 2.99. The summed E-state index contributed by atoms with van der Waals surface area (Å²) in [6, 6.07) is -0.773. The van der Waals surface area contributed by atoms with Gasteiger partial charge in [-0.2, -0.15) is 0 Å². The Bertz CT molecular complexity index is 574. The Hall–Kier alpha value is -2.78. The summed E-state index contributed by atoms with van der Waals surface area (Å²) in [6.07, 6.45) is 1.04. The molecule has 2 amide bonds. The summed E-state index contributed by atoms with van der Waals surface area (Å²) in [7, 11) is 0. The fourth-order valence-electron chi connectivity index (χ4n) is 1.74. The molecule has 0 saturated carbocycles. The van der Waals surface area contributed by atoms with Crippen LogP contribution in [0.15, 0.2) is 6.33 Å². The monoisotopic (exact) mass is 266 g/mol. The zero-order valence-corrected chi connectivity index (χ0v) is 9.86. The molecule has 1 unspecified atom stereocenters. The minimum Gasteiger partial charge on any atom is -0.378 e. The van der Waals surface area contributed by atoms with Gasteiger partial charge in [0.2, 0.25) is 23.5 Å². The molecule has 3 N–H and O–H groups in total. The van der Waals surface area contributed by atoms with Crippen LogP contribution in [-0.4, -0.2) is 39.3 Å². The molecule has 10 heteroatoms. The number of anilines is 2. The number of piperazine rings is 1. The molecule has 1 atom stereocenters. The van der Waals surface area contributed by atoms with E-state index >= 15 is 0 Å². The Balaban J connectivity index is 2.52. The van der Waals surface area contributed by atoms with Crippen molar-refractivity contribution in [2.24, 2.45) is 0 Å². The number of hydrogen-bond donors (Lipinski definition) is 2. The molecule has 100 valence electrons. The highest BCUT2D eigenvalue weighted by Crippen LogP contribution is 2.31. The van der Waals surface area contributed by atoms with Gasteiger partial charge in [0.05, 0.1) is 11.5 Å².